The summed E-state index contributed by atoms with van der Waals surface area (Å²) in [6.45, 7) is 5.17. The van der Waals surface area contributed by atoms with Gasteiger partial charge in [-0.2, -0.15) is 5.10 Å². The number of rotatable bonds is 5. The van der Waals surface area contributed by atoms with Gasteiger partial charge in [-0.3, -0.25) is 9.48 Å². The minimum Gasteiger partial charge on any atom is -0.508 e. The Morgan fingerprint density at radius 1 is 1.19 bits per heavy atom. The van der Waals surface area contributed by atoms with E-state index in [2.05, 4.69) is 15.1 Å². The van der Waals surface area contributed by atoms with Crippen molar-refractivity contribution in [2.24, 2.45) is 0 Å². The second-order valence-electron chi connectivity index (χ2n) is 7.34. The number of benzene rings is 2. The fourth-order valence-electron chi connectivity index (χ4n) is 3.50. The molecule has 7 nitrogen and oxygen atoms in total. The second kappa shape index (κ2) is 8.35. The minimum atomic E-state index is -0.273. The highest BCUT2D eigenvalue weighted by molar-refractivity contribution is 6.30. The summed E-state index contributed by atoms with van der Waals surface area (Å²) in [7, 11) is 1.72. The molecule has 1 N–H and O–H groups in total. The largest absolute Gasteiger partial charge is 0.508 e. The molecule has 0 saturated carbocycles. The standard InChI is InChI=1S/C23H22ClN5O2/c1-4-29-14(2)16(12-25-29)13-28(3)23(31)21-19-11-18(30)8-9-20(19)26-22(27-21)15-6-5-7-17(24)10-15/h5-12,30H,4,13H2,1-3H3. The number of aryl methyl sites for hydroxylation is 1. The van der Waals surface area contributed by atoms with Gasteiger partial charge in [0.15, 0.2) is 5.82 Å². The van der Waals surface area contributed by atoms with Crippen LogP contribution in [0, 0.1) is 6.92 Å². The van der Waals surface area contributed by atoms with Crippen LogP contribution in [0.1, 0.15) is 28.7 Å². The van der Waals surface area contributed by atoms with Gasteiger partial charge >= 0.3 is 0 Å². The van der Waals surface area contributed by atoms with E-state index in [-0.39, 0.29) is 17.4 Å². The Morgan fingerprint density at radius 2 is 2.00 bits per heavy atom. The lowest BCUT2D eigenvalue weighted by Crippen LogP contribution is -2.27. The number of carbonyl (C=O) groups is 1. The van der Waals surface area contributed by atoms with E-state index in [4.69, 9.17) is 11.6 Å². The van der Waals surface area contributed by atoms with Gasteiger partial charge in [0.2, 0.25) is 0 Å². The lowest BCUT2D eigenvalue weighted by Gasteiger charge is -2.18. The lowest BCUT2D eigenvalue weighted by atomic mass is 10.1. The molecule has 1 amide bonds. The average Bonchev–Trinajstić information content (AvgIpc) is 3.11. The van der Waals surface area contributed by atoms with Crippen LogP contribution < -0.4 is 0 Å². The van der Waals surface area contributed by atoms with Gasteiger partial charge in [0, 0.05) is 47.4 Å². The predicted molar refractivity (Wildman–Crippen MR) is 120 cm³/mol. The van der Waals surface area contributed by atoms with Crippen LogP contribution in [-0.4, -0.2) is 42.7 Å². The topological polar surface area (TPSA) is 84.1 Å². The highest BCUT2D eigenvalue weighted by Gasteiger charge is 2.21. The van der Waals surface area contributed by atoms with E-state index in [1.165, 1.54) is 12.1 Å². The van der Waals surface area contributed by atoms with Gasteiger partial charge in [0.05, 0.1) is 11.7 Å². The summed E-state index contributed by atoms with van der Waals surface area (Å²) in [6.07, 6.45) is 1.78. The Hall–Kier alpha value is -3.45. The third-order valence-corrected chi connectivity index (χ3v) is 5.46. The minimum absolute atomic E-state index is 0.0448. The number of amides is 1. The molecule has 4 aromatic rings. The first-order valence-electron chi connectivity index (χ1n) is 9.90. The summed E-state index contributed by atoms with van der Waals surface area (Å²) < 4.78 is 1.89. The van der Waals surface area contributed by atoms with Gasteiger partial charge in [-0.1, -0.05) is 23.7 Å². The van der Waals surface area contributed by atoms with Crippen LogP contribution >= 0.6 is 11.6 Å². The summed E-state index contributed by atoms with van der Waals surface area (Å²) in [5.74, 6) is 0.167. The number of phenolic OH excluding ortho intramolecular Hbond substituents is 1. The summed E-state index contributed by atoms with van der Waals surface area (Å²) in [4.78, 5) is 24.2. The van der Waals surface area contributed by atoms with Crippen LogP contribution in [0.25, 0.3) is 22.3 Å². The zero-order valence-corrected chi connectivity index (χ0v) is 18.3. The average molecular weight is 436 g/mol. The van der Waals surface area contributed by atoms with Crippen LogP contribution in [-0.2, 0) is 13.1 Å². The maximum Gasteiger partial charge on any atom is 0.273 e. The van der Waals surface area contributed by atoms with Crippen LogP contribution in [0.15, 0.2) is 48.7 Å². The molecule has 2 aromatic carbocycles. The SMILES string of the molecule is CCn1ncc(CN(C)C(=O)c2nc(-c3cccc(Cl)c3)nc3ccc(O)cc23)c1C. The summed E-state index contributed by atoms with van der Waals surface area (Å²) in [5, 5.41) is 15.4. The molecule has 0 unspecified atom stereocenters. The number of carbonyl (C=O) groups excluding carboxylic acids is 1. The first kappa shape index (κ1) is 20.8. The van der Waals surface area contributed by atoms with Crippen LogP contribution in [0.5, 0.6) is 5.75 Å². The maximum atomic E-state index is 13.4. The maximum absolute atomic E-state index is 13.4. The van der Waals surface area contributed by atoms with E-state index in [0.717, 1.165) is 17.8 Å². The molecule has 2 aromatic heterocycles. The molecule has 0 aliphatic carbocycles. The highest BCUT2D eigenvalue weighted by Crippen LogP contribution is 2.27. The summed E-state index contributed by atoms with van der Waals surface area (Å²) in [5.41, 5.74) is 3.48. The van der Waals surface area contributed by atoms with Gasteiger partial charge in [0.25, 0.3) is 5.91 Å². The molecular formula is C23H22ClN5O2. The van der Waals surface area contributed by atoms with E-state index < -0.39 is 0 Å². The highest BCUT2D eigenvalue weighted by atomic mass is 35.5. The van der Waals surface area contributed by atoms with E-state index in [9.17, 15) is 9.90 Å². The van der Waals surface area contributed by atoms with Crippen molar-refractivity contribution in [1.82, 2.24) is 24.6 Å². The third kappa shape index (κ3) is 4.09. The van der Waals surface area contributed by atoms with Crippen molar-refractivity contribution in [3.8, 4) is 17.1 Å². The van der Waals surface area contributed by atoms with Gasteiger partial charge in [-0.25, -0.2) is 9.97 Å². The number of nitrogens with zero attached hydrogens (tertiary/aromatic N) is 5. The molecule has 8 heteroatoms. The van der Waals surface area contributed by atoms with Crippen molar-refractivity contribution in [3.05, 3.63) is 70.6 Å². The van der Waals surface area contributed by atoms with Gasteiger partial charge in [0.1, 0.15) is 11.4 Å². The molecular weight excluding hydrogens is 414 g/mol. The molecule has 0 saturated heterocycles. The van der Waals surface area contributed by atoms with Crippen molar-refractivity contribution in [2.45, 2.75) is 26.9 Å². The van der Waals surface area contributed by atoms with Crippen LogP contribution in [0.3, 0.4) is 0 Å². The van der Waals surface area contributed by atoms with Gasteiger partial charge in [-0.15, -0.1) is 0 Å². The molecule has 31 heavy (non-hydrogen) atoms. The first-order chi connectivity index (χ1) is 14.9. The Balaban J connectivity index is 1.77. The normalized spacial score (nSPS) is 11.1. The number of halogens is 1. The molecule has 158 valence electrons. The van der Waals surface area contributed by atoms with E-state index in [1.807, 2.05) is 30.7 Å². The van der Waals surface area contributed by atoms with E-state index in [0.29, 0.717) is 33.9 Å². The Bertz CT molecular complexity index is 1280. The van der Waals surface area contributed by atoms with Crippen LogP contribution in [0.2, 0.25) is 5.02 Å². The first-order valence-corrected chi connectivity index (χ1v) is 10.3. The fourth-order valence-corrected chi connectivity index (χ4v) is 3.69. The molecule has 2 heterocycles. The van der Waals surface area contributed by atoms with Crippen molar-refractivity contribution >= 4 is 28.4 Å². The van der Waals surface area contributed by atoms with Gasteiger partial charge < -0.3 is 10.0 Å². The lowest BCUT2D eigenvalue weighted by molar-refractivity contribution is 0.0781. The summed E-state index contributed by atoms with van der Waals surface area (Å²) in [6, 6.07) is 11.9. The van der Waals surface area contributed by atoms with Crippen LogP contribution in [0.4, 0.5) is 0 Å². The molecule has 4 rings (SSSR count). The Morgan fingerprint density at radius 3 is 2.71 bits per heavy atom. The number of fused-ring (bicyclic) bond motifs is 1. The molecule has 0 aliphatic heterocycles. The zero-order valence-electron chi connectivity index (χ0n) is 17.5. The quantitative estimate of drug-likeness (QED) is 0.500. The Kier molecular flexibility index (Phi) is 5.61. The molecule has 0 spiro atoms. The number of aromatic hydroxyl groups is 1. The number of phenols is 1. The number of hydrogen-bond acceptors (Lipinski definition) is 5. The summed E-state index contributed by atoms with van der Waals surface area (Å²) >= 11 is 6.13. The molecule has 0 radical (unpaired) electrons. The predicted octanol–water partition coefficient (Wildman–Crippen LogP) is 4.45. The molecule has 0 fully saturated rings. The van der Waals surface area contributed by atoms with Crippen molar-refractivity contribution < 1.29 is 9.90 Å². The van der Waals surface area contributed by atoms with Crippen molar-refractivity contribution in [1.29, 1.82) is 0 Å². The molecule has 0 atom stereocenters. The third-order valence-electron chi connectivity index (χ3n) is 5.22. The fraction of sp³-hybridized carbons (Fsp3) is 0.217. The zero-order chi connectivity index (χ0) is 22.1. The Labute approximate surface area is 184 Å². The second-order valence-corrected chi connectivity index (χ2v) is 7.78. The smallest absolute Gasteiger partial charge is 0.273 e. The monoisotopic (exact) mass is 435 g/mol. The van der Waals surface area contributed by atoms with Gasteiger partial charge in [-0.05, 0) is 44.2 Å². The number of aromatic nitrogens is 4. The molecule has 0 bridgehead atoms. The van der Waals surface area contributed by atoms with Crippen molar-refractivity contribution in [2.75, 3.05) is 7.05 Å². The van der Waals surface area contributed by atoms with Crippen molar-refractivity contribution in [3.63, 3.8) is 0 Å². The van der Waals surface area contributed by atoms with E-state index >= 15 is 0 Å². The number of hydrogen-bond donors (Lipinski definition) is 1. The van der Waals surface area contributed by atoms with E-state index in [1.54, 1.807) is 36.3 Å². The molecule has 0 aliphatic rings.